The van der Waals surface area contributed by atoms with Crippen LogP contribution in [0, 0.1) is 0 Å². The number of aromatic nitrogens is 1. The van der Waals surface area contributed by atoms with Crippen molar-refractivity contribution >= 4 is 10.9 Å². The van der Waals surface area contributed by atoms with Crippen molar-refractivity contribution < 1.29 is 14.2 Å². The molecule has 0 saturated carbocycles. The molecular formula is C23H25NO3. The van der Waals surface area contributed by atoms with Gasteiger partial charge in [0.2, 0.25) is 6.79 Å². The highest BCUT2D eigenvalue weighted by Gasteiger charge is 2.12. The summed E-state index contributed by atoms with van der Waals surface area (Å²) in [6.07, 6.45) is 6.84. The Hall–Kier alpha value is -2.75. The average Bonchev–Trinajstić information content (AvgIpc) is 3.17. The van der Waals surface area contributed by atoms with Crippen molar-refractivity contribution in [3.05, 3.63) is 59.8 Å². The van der Waals surface area contributed by atoms with Crippen LogP contribution in [0.5, 0.6) is 17.2 Å². The van der Waals surface area contributed by atoms with Gasteiger partial charge < -0.3 is 14.2 Å². The van der Waals surface area contributed by atoms with Crippen LogP contribution in [-0.2, 0) is 12.8 Å². The second kappa shape index (κ2) is 8.30. The molecule has 0 atom stereocenters. The summed E-state index contributed by atoms with van der Waals surface area (Å²) in [7, 11) is 1.72. The van der Waals surface area contributed by atoms with Crippen LogP contribution in [-0.4, -0.2) is 18.9 Å². The van der Waals surface area contributed by atoms with E-state index in [2.05, 4.69) is 24.3 Å². The van der Waals surface area contributed by atoms with E-state index in [1.165, 1.54) is 24.8 Å². The first-order valence-corrected chi connectivity index (χ1v) is 9.65. The van der Waals surface area contributed by atoms with Gasteiger partial charge >= 0.3 is 0 Å². The lowest BCUT2D eigenvalue weighted by Crippen LogP contribution is -1.95. The first-order valence-electron chi connectivity index (χ1n) is 9.65. The number of aryl methyl sites for hydroxylation is 2. The molecule has 0 saturated heterocycles. The van der Waals surface area contributed by atoms with Crippen molar-refractivity contribution in [1.29, 1.82) is 0 Å². The zero-order chi connectivity index (χ0) is 18.5. The van der Waals surface area contributed by atoms with Crippen molar-refractivity contribution in [2.45, 2.75) is 38.5 Å². The predicted molar refractivity (Wildman–Crippen MR) is 107 cm³/mol. The van der Waals surface area contributed by atoms with Crippen LogP contribution in [0.3, 0.4) is 0 Å². The van der Waals surface area contributed by atoms with Crippen LogP contribution in [0.15, 0.2) is 48.5 Å². The lowest BCUT2D eigenvalue weighted by Gasteiger charge is -2.08. The Morgan fingerprint density at radius 3 is 2.59 bits per heavy atom. The Balaban J connectivity index is 1.24. The van der Waals surface area contributed by atoms with Gasteiger partial charge in [-0.15, -0.1) is 0 Å². The van der Waals surface area contributed by atoms with E-state index in [1.807, 2.05) is 24.3 Å². The van der Waals surface area contributed by atoms with Crippen LogP contribution in [0.25, 0.3) is 10.9 Å². The van der Waals surface area contributed by atoms with Crippen LogP contribution >= 0.6 is 0 Å². The van der Waals surface area contributed by atoms with E-state index in [9.17, 15) is 0 Å². The summed E-state index contributed by atoms with van der Waals surface area (Å²) < 4.78 is 16.3. The fourth-order valence-corrected chi connectivity index (χ4v) is 3.58. The van der Waals surface area contributed by atoms with Gasteiger partial charge in [0.25, 0.3) is 0 Å². The molecule has 0 N–H and O–H groups in total. The highest BCUT2D eigenvalue weighted by molar-refractivity contribution is 5.85. The lowest BCUT2D eigenvalue weighted by atomic mass is 10.0. The monoisotopic (exact) mass is 363 g/mol. The van der Waals surface area contributed by atoms with Gasteiger partial charge in [0.1, 0.15) is 5.75 Å². The molecule has 1 aliphatic rings. The van der Waals surface area contributed by atoms with Crippen LogP contribution in [0.1, 0.15) is 36.9 Å². The number of hydrogen-bond acceptors (Lipinski definition) is 4. The first-order chi connectivity index (χ1) is 13.3. The number of unbranched alkanes of at least 4 members (excludes halogenated alkanes) is 3. The third kappa shape index (κ3) is 4.16. The molecule has 0 spiro atoms. The number of rotatable bonds is 8. The van der Waals surface area contributed by atoms with Crippen molar-refractivity contribution in [2.75, 3.05) is 13.9 Å². The first kappa shape index (κ1) is 17.7. The van der Waals surface area contributed by atoms with Crippen LogP contribution < -0.4 is 14.2 Å². The number of methoxy groups -OCH3 is 1. The fourth-order valence-electron chi connectivity index (χ4n) is 3.58. The summed E-state index contributed by atoms with van der Waals surface area (Å²) in [5, 5.41) is 1.08. The third-order valence-corrected chi connectivity index (χ3v) is 5.04. The van der Waals surface area contributed by atoms with Gasteiger partial charge in [0.05, 0.1) is 12.6 Å². The van der Waals surface area contributed by atoms with Gasteiger partial charge in [-0.05, 0) is 55.5 Å². The second-order valence-electron chi connectivity index (χ2n) is 6.93. The molecule has 0 radical (unpaired) electrons. The van der Waals surface area contributed by atoms with Gasteiger partial charge in [0, 0.05) is 17.1 Å². The third-order valence-electron chi connectivity index (χ3n) is 5.04. The van der Waals surface area contributed by atoms with E-state index in [0.717, 1.165) is 53.1 Å². The van der Waals surface area contributed by atoms with Gasteiger partial charge in [0.15, 0.2) is 11.5 Å². The molecule has 1 aromatic heterocycles. The van der Waals surface area contributed by atoms with Crippen molar-refractivity contribution in [2.24, 2.45) is 0 Å². The quantitative estimate of drug-likeness (QED) is 0.508. The van der Waals surface area contributed by atoms with Gasteiger partial charge in [-0.25, -0.2) is 0 Å². The molecule has 0 unspecified atom stereocenters. The number of fused-ring (bicyclic) bond motifs is 2. The minimum Gasteiger partial charge on any atom is -0.496 e. The van der Waals surface area contributed by atoms with Gasteiger partial charge in [-0.3, -0.25) is 4.98 Å². The van der Waals surface area contributed by atoms with E-state index in [0.29, 0.717) is 6.79 Å². The molecule has 1 aliphatic heterocycles. The standard InChI is InChI=1S/C23H25NO3/c1-25-22-15-18(24-20-11-7-6-10-19(20)22)9-5-3-2-4-8-17-12-13-21-23(14-17)27-16-26-21/h6-7,10-15H,2-5,8-9,16H2,1H3. The number of para-hydroxylation sites is 1. The Morgan fingerprint density at radius 2 is 1.70 bits per heavy atom. The highest BCUT2D eigenvalue weighted by atomic mass is 16.7. The summed E-state index contributed by atoms with van der Waals surface area (Å²) in [5.74, 6) is 2.65. The van der Waals surface area contributed by atoms with Crippen molar-refractivity contribution in [3.63, 3.8) is 0 Å². The molecule has 0 amide bonds. The smallest absolute Gasteiger partial charge is 0.231 e. The number of ether oxygens (including phenoxy) is 3. The summed E-state index contributed by atoms with van der Waals surface area (Å²) in [4.78, 5) is 4.78. The molecule has 2 aromatic carbocycles. The van der Waals surface area contributed by atoms with Gasteiger partial charge in [-0.2, -0.15) is 0 Å². The van der Waals surface area contributed by atoms with Crippen LogP contribution in [0.2, 0.25) is 0 Å². The SMILES string of the molecule is COc1cc(CCCCCCc2ccc3c(c2)OCO3)nc2ccccc12. The maximum absolute atomic E-state index is 5.53. The van der Waals surface area contributed by atoms with E-state index >= 15 is 0 Å². The van der Waals surface area contributed by atoms with Gasteiger partial charge in [-0.1, -0.05) is 31.0 Å². The van der Waals surface area contributed by atoms with E-state index in [1.54, 1.807) is 7.11 Å². The fraction of sp³-hybridized carbons (Fsp3) is 0.348. The van der Waals surface area contributed by atoms with Crippen LogP contribution in [0.4, 0.5) is 0 Å². The van der Waals surface area contributed by atoms with E-state index in [-0.39, 0.29) is 0 Å². The topological polar surface area (TPSA) is 40.6 Å². The highest BCUT2D eigenvalue weighted by Crippen LogP contribution is 2.33. The molecule has 0 aliphatic carbocycles. The summed E-state index contributed by atoms with van der Waals surface area (Å²) in [6.45, 7) is 0.340. The Morgan fingerprint density at radius 1 is 0.889 bits per heavy atom. The number of nitrogens with zero attached hydrogens (tertiary/aromatic N) is 1. The number of hydrogen-bond donors (Lipinski definition) is 0. The molecule has 27 heavy (non-hydrogen) atoms. The van der Waals surface area contributed by atoms with Crippen molar-refractivity contribution in [1.82, 2.24) is 4.98 Å². The molecule has 0 fully saturated rings. The maximum atomic E-state index is 5.53. The molecule has 2 heterocycles. The Bertz CT molecular complexity index is 923. The maximum Gasteiger partial charge on any atom is 0.231 e. The average molecular weight is 363 g/mol. The molecule has 4 nitrogen and oxygen atoms in total. The predicted octanol–water partition coefficient (Wildman–Crippen LogP) is 5.32. The normalized spacial score (nSPS) is 12.5. The van der Waals surface area contributed by atoms with Crippen molar-refractivity contribution in [3.8, 4) is 17.2 Å². The zero-order valence-corrected chi connectivity index (χ0v) is 15.7. The molecule has 140 valence electrons. The molecular weight excluding hydrogens is 338 g/mol. The molecule has 3 aromatic rings. The summed E-state index contributed by atoms with van der Waals surface area (Å²) in [6, 6.07) is 16.5. The number of benzene rings is 2. The zero-order valence-electron chi connectivity index (χ0n) is 15.7. The minimum atomic E-state index is 0.340. The summed E-state index contributed by atoms with van der Waals surface area (Å²) in [5.41, 5.74) is 3.44. The molecule has 4 heteroatoms. The lowest BCUT2D eigenvalue weighted by molar-refractivity contribution is 0.174. The molecule has 0 bridgehead atoms. The Labute approximate surface area is 160 Å². The minimum absolute atomic E-state index is 0.340. The second-order valence-corrected chi connectivity index (χ2v) is 6.93. The van der Waals surface area contributed by atoms with E-state index < -0.39 is 0 Å². The molecule has 4 rings (SSSR count). The van der Waals surface area contributed by atoms with E-state index in [4.69, 9.17) is 19.2 Å². The number of pyridine rings is 1. The summed E-state index contributed by atoms with van der Waals surface area (Å²) >= 11 is 0. The largest absolute Gasteiger partial charge is 0.496 e. The Kier molecular flexibility index (Phi) is 5.42.